The third kappa shape index (κ3) is 4.01. The smallest absolute Gasteiger partial charge is 0.255 e. The lowest BCUT2D eigenvalue weighted by atomic mass is 9.87. The number of morpholine rings is 1. The van der Waals surface area contributed by atoms with Gasteiger partial charge in [-0.25, -0.2) is 4.98 Å². The minimum Gasteiger partial charge on any atom is -0.378 e. The SMILES string of the molecule is Cc1ccccc1C1CCN(c2ncc(C(=O)N3CCOCC3)cc2Cl)CC1. The molecular formula is C22H26ClN3O2. The van der Waals surface area contributed by atoms with Crippen molar-refractivity contribution in [3.8, 4) is 0 Å². The van der Waals surface area contributed by atoms with Crippen LogP contribution in [0.15, 0.2) is 36.5 Å². The number of hydrogen-bond donors (Lipinski definition) is 0. The molecule has 1 aromatic heterocycles. The van der Waals surface area contributed by atoms with E-state index in [0.717, 1.165) is 31.7 Å². The molecule has 2 fully saturated rings. The maximum Gasteiger partial charge on any atom is 0.255 e. The first-order valence-corrected chi connectivity index (χ1v) is 10.3. The maximum absolute atomic E-state index is 12.6. The standard InChI is InChI=1S/C22H26ClN3O2/c1-16-4-2-3-5-19(16)17-6-8-25(9-7-17)21-20(23)14-18(15-24-21)22(27)26-10-12-28-13-11-26/h2-5,14-15,17H,6-13H2,1H3. The van der Waals surface area contributed by atoms with Gasteiger partial charge in [-0.3, -0.25) is 4.79 Å². The molecule has 4 rings (SSSR count). The summed E-state index contributed by atoms with van der Waals surface area (Å²) >= 11 is 6.52. The number of carbonyl (C=O) groups is 1. The largest absolute Gasteiger partial charge is 0.378 e. The molecule has 28 heavy (non-hydrogen) atoms. The Hall–Kier alpha value is -2.11. The first-order chi connectivity index (χ1) is 13.6. The zero-order valence-corrected chi connectivity index (χ0v) is 17.0. The van der Waals surface area contributed by atoms with E-state index in [-0.39, 0.29) is 5.91 Å². The number of piperidine rings is 1. The minimum absolute atomic E-state index is 0.0255. The highest BCUT2D eigenvalue weighted by Gasteiger charge is 2.25. The van der Waals surface area contributed by atoms with E-state index in [2.05, 4.69) is 41.1 Å². The maximum atomic E-state index is 12.6. The molecule has 0 aliphatic carbocycles. The van der Waals surface area contributed by atoms with Crippen molar-refractivity contribution in [2.24, 2.45) is 0 Å². The number of carbonyl (C=O) groups excluding carboxylic acids is 1. The Morgan fingerprint density at radius 3 is 2.54 bits per heavy atom. The van der Waals surface area contributed by atoms with E-state index >= 15 is 0 Å². The Balaban J connectivity index is 1.43. The predicted octanol–water partition coefficient (Wildman–Crippen LogP) is 3.90. The van der Waals surface area contributed by atoms with Crippen LogP contribution in [0.1, 0.15) is 40.2 Å². The van der Waals surface area contributed by atoms with E-state index in [1.54, 1.807) is 17.2 Å². The molecule has 1 aromatic carbocycles. The molecule has 0 saturated carbocycles. The van der Waals surface area contributed by atoms with Crippen LogP contribution in [-0.2, 0) is 4.74 Å². The van der Waals surface area contributed by atoms with E-state index in [1.165, 1.54) is 11.1 Å². The van der Waals surface area contributed by atoms with Gasteiger partial charge in [-0.05, 0) is 42.9 Å². The van der Waals surface area contributed by atoms with Crippen LogP contribution < -0.4 is 4.90 Å². The molecule has 1 amide bonds. The van der Waals surface area contributed by atoms with Gasteiger partial charge in [0.05, 0.1) is 23.8 Å². The van der Waals surface area contributed by atoms with Crippen molar-refractivity contribution in [1.29, 1.82) is 0 Å². The molecular weight excluding hydrogens is 374 g/mol. The molecule has 0 atom stereocenters. The van der Waals surface area contributed by atoms with Crippen molar-refractivity contribution in [3.05, 3.63) is 58.2 Å². The molecule has 2 saturated heterocycles. The predicted molar refractivity (Wildman–Crippen MR) is 111 cm³/mol. The minimum atomic E-state index is -0.0255. The van der Waals surface area contributed by atoms with Gasteiger partial charge in [0.15, 0.2) is 0 Å². The Morgan fingerprint density at radius 1 is 1.14 bits per heavy atom. The van der Waals surface area contributed by atoms with E-state index < -0.39 is 0 Å². The number of anilines is 1. The average Bonchev–Trinajstić information content (AvgIpc) is 2.74. The topological polar surface area (TPSA) is 45.7 Å². The second-order valence-corrected chi connectivity index (χ2v) is 7.96. The van der Waals surface area contributed by atoms with Crippen molar-refractivity contribution in [2.75, 3.05) is 44.3 Å². The van der Waals surface area contributed by atoms with E-state index in [1.807, 2.05) is 0 Å². The van der Waals surface area contributed by atoms with Gasteiger partial charge in [0, 0.05) is 32.4 Å². The fourth-order valence-corrected chi connectivity index (χ4v) is 4.46. The van der Waals surface area contributed by atoms with Crippen molar-refractivity contribution >= 4 is 23.3 Å². The Kier molecular flexibility index (Phi) is 5.83. The number of aryl methyl sites for hydroxylation is 1. The number of rotatable bonds is 3. The number of ether oxygens (including phenoxy) is 1. The van der Waals surface area contributed by atoms with E-state index in [0.29, 0.717) is 42.8 Å². The lowest BCUT2D eigenvalue weighted by Gasteiger charge is -2.34. The summed E-state index contributed by atoms with van der Waals surface area (Å²) in [6.45, 7) is 6.42. The number of pyridine rings is 1. The van der Waals surface area contributed by atoms with E-state index in [4.69, 9.17) is 16.3 Å². The molecule has 2 aliphatic rings. The molecule has 3 heterocycles. The summed E-state index contributed by atoms with van der Waals surface area (Å²) in [5.74, 6) is 1.34. The number of aromatic nitrogens is 1. The monoisotopic (exact) mass is 399 g/mol. The number of hydrogen-bond acceptors (Lipinski definition) is 4. The number of halogens is 1. The van der Waals surface area contributed by atoms with Crippen LogP contribution in [-0.4, -0.2) is 55.2 Å². The van der Waals surface area contributed by atoms with Gasteiger partial charge in [0.2, 0.25) is 0 Å². The molecule has 2 aliphatic heterocycles. The Morgan fingerprint density at radius 2 is 1.86 bits per heavy atom. The fraction of sp³-hybridized carbons (Fsp3) is 0.455. The Labute approximate surface area is 171 Å². The lowest BCUT2D eigenvalue weighted by Crippen LogP contribution is -2.40. The summed E-state index contributed by atoms with van der Waals surface area (Å²) in [4.78, 5) is 21.2. The second kappa shape index (κ2) is 8.50. The molecule has 148 valence electrons. The molecule has 0 N–H and O–H groups in total. The molecule has 5 nitrogen and oxygen atoms in total. The Bertz CT molecular complexity index is 843. The number of amides is 1. The summed E-state index contributed by atoms with van der Waals surface area (Å²) in [5.41, 5.74) is 3.36. The highest BCUT2D eigenvalue weighted by molar-refractivity contribution is 6.33. The van der Waals surface area contributed by atoms with Gasteiger partial charge in [0.1, 0.15) is 5.82 Å². The summed E-state index contributed by atoms with van der Waals surface area (Å²) in [7, 11) is 0. The summed E-state index contributed by atoms with van der Waals surface area (Å²) < 4.78 is 5.31. The summed E-state index contributed by atoms with van der Waals surface area (Å²) in [5, 5.41) is 0.549. The van der Waals surface area contributed by atoms with E-state index in [9.17, 15) is 4.79 Å². The summed E-state index contributed by atoms with van der Waals surface area (Å²) in [6.07, 6.45) is 3.82. The van der Waals surface area contributed by atoms with Crippen molar-refractivity contribution in [2.45, 2.75) is 25.7 Å². The third-order valence-electron chi connectivity index (χ3n) is 5.79. The molecule has 6 heteroatoms. The lowest BCUT2D eigenvalue weighted by molar-refractivity contribution is 0.0302. The molecule has 0 spiro atoms. The van der Waals surface area contributed by atoms with Gasteiger partial charge in [-0.15, -0.1) is 0 Å². The number of nitrogens with zero attached hydrogens (tertiary/aromatic N) is 3. The second-order valence-electron chi connectivity index (χ2n) is 7.55. The molecule has 2 aromatic rings. The summed E-state index contributed by atoms with van der Waals surface area (Å²) in [6, 6.07) is 10.4. The highest BCUT2D eigenvalue weighted by atomic mass is 35.5. The van der Waals surface area contributed by atoms with Crippen LogP contribution in [0.5, 0.6) is 0 Å². The zero-order chi connectivity index (χ0) is 19.5. The van der Waals surface area contributed by atoms with Crippen molar-refractivity contribution in [3.63, 3.8) is 0 Å². The van der Waals surface area contributed by atoms with Crippen LogP contribution in [0.4, 0.5) is 5.82 Å². The first kappa shape index (κ1) is 19.2. The van der Waals surface area contributed by atoms with Gasteiger partial charge in [-0.1, -0.05) is 35.9 Å². The van der Waals surface area contributed by atoms with Crippen LogP contribution in [0.3, 0.4) is 0 Å². The average molecular weight is 400 g/mol. The molecule has 0 bridgehead atoms. The highest BCUT2D eigenvalue weighted by Crippen LogP contribution is 2.34. The first-order valence-electron chi connectivity index (χ1n) is 9.96. The third-order valence-corrected chi connectivity index (χ3v) is 6.07. The van der Waals surface area contributed by atoms with Crippen LogP contribution >= 0.6 is 11.6 Å². The zero-order valence-electron chi connectivity index (χ0n) is 16.2. The van der Waals surface area contributed by atoms with Crippen LogP contribution in [0.25, 0.3) is 0 Å². The van der Waals surface area contributed by atoms with Gasteiger partial charge in [0.25, 0.3) is 5.91 Å². The van der Waals surface area contributed by atoms with Crippen LogP contribution in [0.2, 0.25) is 5.02 Å². The fourth-order valence-electron chi connectivity index (χ4n) is 4.18. The molecule has 0 unspecified atom stereocenters. The quantitative estimate of drug-likeness (QED) is 0.785. The number of benzene rings is 1. The van der Waals surface area contributed by atoms with Crippen LogP contribution in [0, 0.1) is 6.92 Å². The van der Waals surface area contributed by atoms with Crippen molar-refractivity contribution < 1.29 is 9.53 Å². The van der Waals surface area contributed by atoms with Gasteiger partial charge >= 0.3 is 0 Å². The van der Waals surface area contributed by atoms with Gasteiger partial charge in [-0.2, -0.15) is 0 Å². The normalized spacial score (nSPS) is 18.4. The van der Waals surface area contributed by atoms with Crippen molar-refractivity contribution in [1.82, 2.24) is 9.88 Å². The van der Waals surface area contributed by atoms with Gasteiger partial charge < -0.3 is 14.5 Å². The molecule has 0 radical (unpaired) electrons.